The molecule has 0 unspecified atom stereocenters. The van der Waals surface area contributed by atoms with Crippen LogP contribution in [0.5, 0.6) is 11.5 Å². The number of phenolic OH excluding ortho intramolecular Hbond substituents is 2. The van der Waals surface area contributed by atoms with E-state index in [1.807, 2.05) is 0 Å². The van der Waals surface area contributed by atoms with E-state index in [2.05, 4.69) is 10.6 Å². The zero-order valence-corrected chi connectivity index (χ0v) is 18.5. The smallest absolute Gasteiger partial charge is 0.294 e. The Hall–Kier alpha value is -3.98. The van der Waals surface area contributed by atoms with Crippen LogP contribution < -0.4 is 10.6 Å². The van der Waals surface area contributed by atoms with E-state index < -0.39 is 53.3 Å². The van der Waals surface area contributed by atoms with Gasteiger partial charge in [0.1, 0.15) is 11.5 Å². The van der Waals surface area contributed by atoms with Gasteiger partial charge in [-0.05, 0) is 60.7 Å². The van der Waals surface area contributed by atoms with Gasteiger partial charge in [-0.25, -0.2) is 0 Å². The summed E-state index contributed by atoms with van der Waals surface area (Å²) in [6.07, 6.45) is 0. The van der Waals surface area contributed by atoms with Crippen LogP contribution >= 0.6 is 0 Å². The van der Waals surface area contributed by atoms with Crippen LogP contribution in [-0.2, 0) is 20.2 Å². The fourth-order valence-corrected chi connectivity index (χ4v) is 3.73. The number of phenols is 2. The lowest BCUT2D eigenvalue weighted by Gasteiger charge is -2.10. The van der Waals surface area contributed by atoms with Gasteiger partial charge in [-0.1, -0.05) is 0 Å². The second kappa shape index (κ2) is 9.11. The molecule has 0 aliphatic rings. The summed E-state index contributed by atoms with van der Waals surface area (Å²) in [4.78, 5) is 23.8. The normalized spacial score (nSPS) is 11.6. The molecule has 0 fully saturated rings. The van der Waals surface area contributed by atoms with Gasteiger partial charge in [-0.2, -0.15) is 16.8 Å². The number of hydrogen-bond donors (Lipinski definition) is 6. The van der Waals surface area contributed by atoms with E-state index in [4.69, 9.17) is 9.11 Å². The lowest BCUT2D eigenvalue weighted by atomic mass is 10.1. The van der Waals surface area contributed by atoms with Crippen LogP contribution in [-0.4, -0.2) is 48.0 Å². The Balaban J connectivity index is 1.77. The van der Waals surface area contributed by atoms with Crippen LogP contribution in [0, 0.1) is 0 Å². The van der Waals surface area contributed by atoms with Crippen molar-refractivity contribution in [3.63, 3.8) is 0 Å². The number of nitrogens with one attached hydrogen (secondary N) is 2. The molecule has 0 spiro atoms. The number of amides is 2. The number of hydrogen-bond acceptors (Lipinski definition) is 8. The molecule has 12 nitrogen and oxygen atoms in total. The Morgan fingerprint density at radius 3 is 1.21 bits per heavy atom. The molecular formula is C20H16N2O10S2. The Kier molecular flexibility index (Phi) is 6.60. The van der Waals surface area contributed by atoms with Crippen molar-refractivity contribution in [2.75, 3.05) is 10.6 Å². The number of aromatic hydroxyl groups is 2. The van der Waals surface area contributed by atoms with Gasteiger partial charge >= 0.3 is 0 Å². The summed E-state index contributed by atoms with van der Waals surface area (Å²) in [5.41, 5.74) is -0.527. The van der Waals surface area contributed by atoms with Crippen molar-refractivity contribution in [2.24, 2.45) is 0 Å². The zero-order chi connectivity index (χ0) is 25.3. The van der Waals surface area contributed by atoms with Crippen molar-refractivity contribution in [1.82, 2.24) is 0 Å². The molecule has 0 heterocycles. The maximum Gasteiger partial charge on any atom is 0.294 e. The minimum absolute atomic E-state index is 0.0180. The highest BCUT2D eigenvalue weighted by Gasteiger charge is 2.17. The highest BCUT2D eigenvalue weighted by atomic mass is 32.2. The van der Waals surface area contributed by atoms with E-state index in [0.29, 0.717) is 0 Å². The average molecular weight is 508 g/mol. The SMILES string of the molecule is O=C(Nc1cc(S(=O)(=O)O)ccc1O)c1ccc(C(=O)Nc2cc(S(=O)(=O)O)ccc2O)cc1. The molecule has 0 saturated carbocycles. The average Bonchev–Trinajstić information content (AvgIpc) is 2.75. The van der Waals surface area contributed by atoms with E-state index >= 15 is 0 Å². The molecule has 3 aromatic carbocycles. The summed E-state index contributed by atoms with van der Waals surface area (Å²) >= 11 is 0. The fourth-order valence-electron chi connectivity index (χ4n) is 2.71. The first-order valence-electron chi connectivity index (χ1n) is 9.09. The first kappa shape index (κ1) is 24.7. The third-order valence-corrected chi connectivity index (χ3v) is 6.14. The van der Waals surface area contributed by atoms with Crippen LogP contribution in [0.4, 0.5) is 11.4 Å². The fraction of sp³-hybridized carbons (Fsp3) is 0. The lowest BCUT2D eigenvalue weighted by molar-refractivity contribution is 0.101. The first-order valence-corrected chi connectivity index (χ1v) is 12.0. The molecule has 34 heavy (non-hydrogen) atoms. The highest BCUT2D eigenvalue weighted by molar-refractivity contribution is 7.86. The minimum Gasteiger partial charge on any atom is -0.506 e. The molecule has 0 radical (unpaired) electrons. The summed E-state index contributed by atoms with van der Waals surface area (Å²) in [5, 5.41) is 24.2. The molecule has 0 aromatic heterocycles. The van der Waals surface area contributed by atoms with E-state index in [-0.39, 0.29) is 22.5 Å². The van der Waals surface area contributed by atoms with Crippen molar-refractivity contribution >= 4 is 43.4 Å². The summed E-state index contributed by atoms with van der Waals surface area (Å²) in [6, 6.07) is 10.5. The van der Waals surface area contributed by atoms with Gasteiger partial charge in [-0.3, -0.25) is 18.7 Å². The van der Waals surface area contributed by atoms with E-state index in [0.717, 1.165) is 36.4 Å². The van der Waals surface area contributed by atoms with Gasteiger partial charge in [0, 0.05) is 11.1 Å². The summed E-state index contributed by atoms with van der Waals surface area (Å²) in [6.45, 7) is 0. The predicted molar refractivity (Wildman–Crippen MR) is 118 cm³/mol. The molecule has 3 rings (SSSR count). The number of carbonyl (C=O) groups excluding carboxylic acids is 2. The van der Waals surface area contributed by atoms with Gasteiger partial charge in [0.25, 0.3) is 32.1 Å². The number of carbonyl (C=O) groups is 2. The number of rotatable bonds is 6. The molecule has 6 N–H and O–H groups in total. The van der Waals surface area contributed by atoms with E-state index in [1.54, 1.807) is 0 Å². The number of anilines is 2. The van der Waals surface area contributed by atoms with Gasteiger partial charge in [-0.15, -0.1) is 0 Å². The number of benzene rings is 3. The molecule has 0 aliphatic heterocycles. The van der Waals surface area contributed by atoms with E-state index in [1.165, 1.54) is 24.3 Å². The van der Waals surface area contributed by atoms with Crippen molar-refractivity contribution in [3.05, 3.63) is 71.8 Å². The quantitative estimate of drug-likeness (QED) is 0.211. The second-order valence-electron chi connectivity index (χ2n) is 6.79. The minimum atomic E-state index is -4.57. The molecule has 0 atom stereocenters. The standard InChI is InChI=1S/C20H16N2O10S2/c23-17-7-5-13(33(27,28)29)9-15(17)21-19(25)11-1-2-12(4-3-11)20(26)22-16-10-14(34(30,31)32)6-8-18(16)24/h1-10,23-24H,(H,21,25)(H,22,26)(H,27,28,29)(H,30,31,32). The molecule has 178 valence electrons. The third kappa shape index (κ3) is 5.68. The predicted octanol–water partition coefficient (Wildman–Crippen LogP) is 2.10. The van der Waals surface area contributed by atoms with Crippen molar-refractivity contribution in [2.45, 2.75) is 9.79 Å². The Bertz CT molecular complexity index is 1380. The van der Waals surface area contributed by atoms with Crippen molar-refractivity contribution in [1.29, 1.82) is 0 Å². The van der Waals surface area contributed by atoms with Gasteiger partial charge < -0.3 is 20.8 Å². The van der Waals surface area contributed by atoms with Crippen LogP contribution in [0.3, 0.4) is 0 Å². The van der Waals surface area contributed by atoms with Crippen molar-refractivity contribution in [3.8, 4) is 11.5 Å². The van der Waals surface area contributed by atoms with Crippen LogP contribution in [0.15, 0.2) is 70.5 Å². The van der Waals surface area contributed by atoms with Gasteiger partial charge in [0.15, 0.2) is 0 Å². The van der Waals surface area contributed by atoms with Crippen LogP contribution in [0.2, 0.25) is 0 Å². The summed E-state index contributed by atoms with van der Waals surface area (Å²) in [7, 11) is -9.14. The molecule has 0 bridgehead atoms. The Labute approximate surface area is 193 Å². The third-order valence-electron chi connectivity index (χ3n) is 4.44. The highest BCUT2D eigenvalue weighted by Crippen LogP contribution is 2.28. The molecule has 2 amide bonds. The van der Waals surface area contributed by atoms with Gasteiger partial charge in [0.2, 0.25) is 0 Å². The topological polar surface area (TPSA) is 207 Å². The maximum atomic E-state index is 12.4. The van der Waals surface area contributed by atoms with Crippen molar-refractivity contribution < 1.29 is 45.7 Å². The maximum absolute atomic E-state index is 12.4. The molecule has 3 aromatic rings. The molecule has 0 aliphatic carbocycles. The molecule has 0 saturated heterocycles. The molecule has 14 heteroatoms. The first-order chi connectivity index (χ1) is 15.8. The van der Waals surface area contributed by atoms with Crippen LogP contribution in [0.1, 0.15) is 20.7 Å². The van der Waals surface area contributed by atoms with E-state index in [9.17, 15) is 36.6 Å². The zero-order valence-electron chi connectivity index (χ0n) is 16.8. The monoisotopic (exact) mass is 508 g/mol. The Morgan fingerprint density at radius 2 is 0.912 bits per heavy atom. The van der Waals surface area contributed by atoms with Crippen LogP contribution in [0.25, 0.3) is 0 Å². The Morgan fingerprint density at radius 1 is 0.588 bits per heavy atom. The lowest BCUT2D eigenvalue weighted by Crippen LogP contribution is -2.15. The summed E-state index contributed by atoms with van der Waals surface area (Å²) < 4.78 is 63.2. The molecular weight excluding hydrogens is 492 g/mol. The largest absolute Gasteiger partial charge is 0.506 e. The summed E-state index contributed by atoms with van der Waals surface area (Å²) in [5.74, 6) is -2.45. The second-order valence-corrected chi connectivity index (χ2v) is 9.64. The van der Waals surface area contributed by atoms with Gasteiger partial charge in [0.05, 0.1) is 21.2 Å².